The maximum absolute atomic E-state index is 6.77. The van der Waals surface area contributed by atoms with Gasteiger partial charge >= 0.3 is 0 Å². The van der Waals surface area contributed by atoms with E-state index >= 15 is 0 Å². The molecule has 0 aliphatic rings. The molecule has 0 unspecified atom stereocenters. The Morgan fingerprint density at radius 3 is 1.95 bits per heavy atom. The predicted octanol–water partition coefficient (Wildman–Crippen LogP) is 11.3. The lowest BCUT2D eigenvalue weighted by Crippen LogP contribution is -1.88. The lowest BCUT2D eigenvalue weighted by atomic mass is 9.88. The van der Waals surface area contributed by atoms with Crippen molar-refractivity contribution < 1.29 is 4.42 Å². The molecule has 1 heteroatoms. The van der Waals surface area contributed by atoms with Gasteiger partial charge in [-0.15, -0.1) is 0 Å². The molecule has 0 radical (unpaired) electrons. The number of rotatable bonds is 2. The Morgan fingerprint density at radius 2 is 1.07 bits per heavy atom. The van der Waals surface area contributed by atoms with E-state index in [1.165, 1.54) is 65.2 Å². The predicted molar refractivity (Wildman–Crippen MR) is 171 cm³/mol. The van der Waals surface area contributed by atoms with E-state index in [4.69, 9.17) is 4.42 Å². The molecule has 0 N–H and O–H groups in total. The van der Waals surface area contributed by atoms with Crippen LogP contribution in [0.25, 0.3) is 87.3 Å². The molecule has 9 aromatic rings. The fraction of sp³-hybridized carbons (Fsp3) is 0.0256. The summed E-state index contributed by atoms with van der Waals surface area (Å²) in [6, 6.07) is 46.5. The Bertz CT molecular complexity index is 2420. The van der Waals surface area contributed by atoms with Gasteiger partial charge in [-0.25, -0.2) is 0 Å². The second-order valence-corrected chi connectivity index (χ2v) is 10.9. The molecule has 0 fully saturated rings. The molecular weight excluding hydrogens is 484 g/mol. The van der Waals surface area contributed by atoms with Gasteiger partial charge < -0.3 is 4.42 Å². The van der Waals surface area contributed by atoms with Crippen LogP contribution in [0.2, 0.25) is 0 Å². The van der Waals surface area contributed by atoms with Crippen molar-refractivity contribution in [1.29, 1.82) is 0 Å². The van der Waals surface area contributed by atoms with Gasteiger partial charge in [0.05, 0.1) is 0 Å². The summed E-state index contributed by atoms with van der Waals surface area (Å²) >= 11 is 0. The summed E-state index contributed by atoms with van der Waals surface area (Å²) in [4.78, 5) is 0. The molecule has 40 heavy (non-hydrogen) atoms. The third-order valence-corrected chi connectivity index (χ3v) is 8.72. The minimum Gasteiger partial charge on any atom is -0.455 e. The van der Waals surface area contributed by atoms with E-state index in [1.54, 1.807) is 0 Å². The summed E-state index contributed by atoms with van der Waals surface area (Å²) < 4.78 is 6.77. The van der Waals surface area contributed by atoms with Crippen molar-refractivity contribution in [1.82, 2.24) is 0 Å². The van der Waals surface area contributed by atoms with Gasteiger partial charge in [-0.3, -0.25) is 0 Å². The van der Waals surface area contributed by atoms with Crippen LogP contribution in [0.5, 0.6) is 0 Å². The smallest absolute Gasteiger partial charge is 0.143 e. The highest BCUT2D eigenvalue weighted by Crippen LogP contribution is 2.45. The first-order valence-corrected chi connectivity index (χ1v) is 13.9. The average Bonchev–Trinajstić information content (AvgIpc) is 3.41. The number of hydrogen-bond donors (Lipinski definition) is 0. The second-order valence-electron chi connectivity index (χ2n) is 10.9. The minimum absolute atomic E-state index is 0.945. The number of furan rings is 1. The lowest BCUT2D eigenvalue weighted by molar-refractivity contribution is 0.667. The molecule has 0 saturated carbocycles. The second kappa shape index (κ2) is 7.94. The zero-order valence-corrected chi connectivity index (χ0v) is 22.0. The van der Waals surface area contributed by atoms with Crippen LogP contribution in [-0.2, 0) is 0 Å². The van der Waals surface area contributed by atoms with Crippen molar-refractivity contribution in [2.24, 2.45) is 0 Å². The maximum Gasteiger partial charge on any atom is 0.143 e. The standard InChI is InChI=1S/C39H24O/c1-23-12-19-33(31-20-17-27-15-14-25-8-4-9-26-18-21-32(31)36(27)35(25)26)37-34-11-5-10-30(39(34)40-38(23)37)29-16-13-24-6-2-3-7-28(24)22-29/h2-22H,1H3. The zero-order valence-electron chi connectivity index (χ0n) is 22.0. The van der Waals surface area contributed by atoms with Crippen LogP contribution in [0, 0.1) is 6.92 Å². The Kier molecular flexibility index (Phi) is 4.32. The zero-order chi connectivity index (χ0) is 26.4. The van der Waals surface area contributed by atoms with Crippen molar-refractivity contribution in [2.45, 2.75) is 6.92 Å². The van der Waals surface area contributed by atoms with Crippen LogP contribution >= 0.6 is 0 Å². The Labute approximate surface area is 231 Å². The molecule has 0 atom stereocenters. The van der Waals surface area contributed by atoms with E-state index in [-0.39, 0.29) is 0 Å². The summed E-state index contributed by atoms with van der Waals surface area (Å²) in [5.41, 5.74) is 7.82. The van der Waals surface area contributed by atoms with Gasteiger partial charge in [0.15, 0.2) is 0 Å². The van der Waals surface area contributed by atoms with E-state index in [1.807, 2.05) is 0 Å². The van der Waals surface area contributed by atoms with Crippen LogP contribution in [0.1, 0.15) is 5.56 Å². The molecule has 1 heterocycles. The van der Waals surface area contributed by atoms with Crippen LogP contribution in [0.15, 0.2) is 132 Å². The van der Waals surface area contributed by atoms with Crippen molar-refractivity contribution in [3.63, 3.8) is 0 Å². The maximum atomic E-state index is 6.77. The van der Waals surface area contributed by atoms with Gasteiger partial charge in [0.2, 0.25) is 0 Å². The van der Waals surface area contributed by atoms with Crippen molar-refractivity contribution in [3.05, 3.63) is 133 Å². The molecular formula is C39H24O. The van der Waals surface area contributed by atoms with Gasteiger partial charge in [0.1, 0.15) is 11.2 Å². The molecule has 0 aliphatic heterocycles. The first-order valence-electron chi connectivity index (χ1n) is 13.9. The monoisotopic (exact) mass is 508 g/mol. The van der Waals surface area contributed by atoms with Crippen LogP contribution in [-0.4, -0.2) is 0 Å². The lowest BCUT2D eigenvalue weighted by Gasteiger charge is -2.15. The van der Waals surface area contributed by atoms with E-state index in [0.29, 0.717) is 0 Å². The van der Waals surface area contributed by atoms with Crippen molar-refractivity contribution in [2.75, 3.05) is 0 Å². The average molecular weight is 509 g/mol. The normalized spacial score (nSPS) is 12.1. The molecule has 8 aromatic carbocycles. The molecule has 0 amide bonds. The number of hydrogen-bond acceptors (Lipinski definition) is 1. The van der Waals surface area contributed by atoms with Gasteiger partial charge in [-0.1, -0.05) is 121 Å². The molecule has 9 rings (SSSR count). The van der Waals surface area contributed by atoms with Crippen molar-refractivity contribution in [3.8, 4) is 22.3 Å². The minimum atomic E-state index is 0.945. The summed E-state index contributed by atoms with van der Waals surface area (Å²) in [5, 5.41) is 12.6. The highest BCUT2D eigenvalue weighted by atomic mass is 16.3. The van der Waals surface area contributed by atoms with Crippen LogP contribution in [0.4, 0.5) is 0 Å². The highest BCUT2D eigenvalue weighted by molar-refractivity contribution is 6.27. The van der Waals surface area contributed by atoms with E-state index in [0.717, 1.165) is 27.7 Å². The molecule has 1 aromatic heterocycles. The molecule has 186 valence electrons. The largest absolute Gasteiger partial charge is 0.455 e. The van der Waals surface area contributed by atoms with Gasteiger partial charge in [-0.05, 0) is 78.3 Å². The fourth-order valence-electron chi connectivity index (χ4n) is 6.81. The molecule has 0 saturated heterocycles. The first-order chi connectivity index (χ1) is 19.7. The molecule has 1 nitrogen and oxygen atoms in total. The highest BCUT2D eigenvalue weighted by Gasteiger charge is 2.20. The van der Waals surface area contributed by atoms with Crippen LogP contribution < -0.4 is 0 Å². The van der Waals surface area contributed by atoms with Crippen molar-refractivity contribution >= 4 is 65.0 Å². The quantitative estimate of drug-likeness (QED) is 0.212. The van der Waals surface area contributed by atoms with Gasteiger partial charge in [0.25, 0.3) is 0 Å². The summed E-state index contributed by atoms with van der Waals surface area (Å²) in [5.74, 6) is 0. The number of para-hydroxylation sites is 1. The third kappa shape index (κ3) is 2.92. The topological polar surface area (TPSA) is 13.1 Å². The Balaban J connectivity index is 1.36. The van der Waals surface area contributed by atoms with Gasteiger partial charge in [0, 0.05) is 16.3 Å². The number of aryl methyl sites for hydroxylation is 1. The Morgan fingerprint density at radius 1 is 0.400 bits per heavy atom. The van der Waals surface area contributed by atoms with E-state index in [9.17, 15) is 0 Å². The summed E-state index contributed by atoms with van der Waals surface area (Å²) in [6.07, 6.45) is 0. The first kappa shape index (κ1) is 21.8. The third-order valence-electron chi connectivity index (χ3n) is 8.72. The Hall–Kier alpha value is -5.14. The number of benzene rings is 8. The van der Waals surface area contributed by atoms with Crippen LogP contribution in [0.3, 0.4) is 0 Å². The van der Waals surface area contributed by atoms with E-state index in [2.05, 4.69) is 134 Å². The fourth-order valence-corrected chi connectivity index (χ4v) is 6.81. The van der Waals surface area contributed by atoms with Gasteiger partial charge in [-0.2, -0.15) is 0 Å². The summed E-state index contributed by atoms with van der Waals surface area (Å²) in [7, 11) is 0. The summed E-state index contributed by atoms with van der Waals surface area (Å²) in [6.45, 7) is 2.15. The number of fused-ring (bicyclic) bond motifs is 4. The SMILES string of the molecule is Cc1ccc(-c2ccc3ccc4cccc5ccc2c3c45)c2c1oc1c(-c3ccc4ccccc4c3)cccc12. The molecule has 0 aliphatic carbocycles. The van der Waals surface area contributed by atoms with E-state index < -0.39 is 0 Å². The molecule has 0 spiro atoms. The molecule has 0 bridgehead atoms.